The molecule has 0 aromatic heterocycles. The molecule has 0 spiro atoms. The Kier molecular flexibility index (Phi) is 9.12. The molecule has 0 radical (unpaired) electrons. The van der Waals surface area contributed by atoms with Crippen LogP contribution in [0.3, 0.4) is 0 Å². The van der Waals surface area contributed by atoms with Gasteiger partial charge in [-0.2, -0.15) is 0 Å². The van der Waals surface area contributed by atoms with Gasteiger partial charge >= 0.3 is 11.9 Å². The van der Waals surface area contributed by atoms with Crippen LogP contribution < -0.4 is 11.1 Å². The van der Waals surface area contributed by atoms with Crippen molar-refractivity contribution in [2.24, 2.45) is 5.73 Å². The SMILES string of the molecule is C#CCOC(=O)[C@H](C)Nc1c(C)ccc(C)c1C.NCC(=O)O. The number of terminal acetylenes is 1. The van der Waals surface area contributed by atoms with E-state index in [1.54, 1.807) is 6.92 Å². The predicted molar refractivity (Wildman–Crippen MR) is 90.2 cm³/mol. The lowest BCUT2D eigenvalue weighted by Gasteiger charge is -2.18. The van der Waals surface area contributed by atoms with Crippen LogP contribution in [-0.4, -0.2) is 36.2 Å². The van der Waals surface area contributed by atoms with Crippen molar-refractivity contribution in [3.63, 3.8) is 0 Å². The first-order valence-corrected chi connectivity index (χ1v) is 7.09. The molecule has 4 N–H and O–H groups in total. The minimum absolute atomic E-state index is 0.0106. The summed E-state index contributed by atoms with van der Waals surface area (Å²) < 4.78 is 4.90. The highest BCUT2D eigenvalue weighted by molar-refractivity contribution is 5.80. The summed E-state index contributed by atoms with van der Waals surface area (Å²) in [6.07, 6.45) is 5.05. The number of benzene rings is 1. The second kappa shape index (κ2) is 10.2. The third-order valence-electron chi connectivity index (χ3n) is 3.13. The highest BCUT2D eigenvalue weighted by Gasteiger charge is 2.16. The van der Waals surface area contributed by atoms with Crippen LogP contribution in [-0.2, 0) is 14.3 Å². The van der Waals surface area contributed by atoms with Gasteiger partial charge in [0.25, 0.3) is 0 Å². The van der Waals surface area contributed by atoms with Gasteiger partial charge in [0, 0.05) is 5.69 Å². The van der Waals surface area contributed by atoms with E-state index >= 15 is 0 Å². The predicted octanol–water partition coefficient (Wildman–Crippen LogP) is 1.62. The average Bonchev–Trinajstić information content (AvgIpc) is 2.53. The van der Waals surface area contributed by atoms with Gasteiger partial charge in [-0.25, -0.2) is 4.79 Å². The Morgan fingerprint density at radius 2 is 1.87 bits per heavy atom. The summed E-state index contributed by atoms with van der Waals surface area (Å²) in [5.41, 5.74) is 9.00. The molecule has 23 heavy (non-hydrogen) atoms. The number of carbonyl (C=O) groups is 2. The zero-order valence-electron chi connectivity index (χ0n) is 14.0. The van der Waals surface area contributed by atoms with E-state index in [-0.39, 0.29) is 19.1 Å². The molecule has 0 unspecified atom stereocenters. The number of anilines is 1. The van der Waals surface area contributed by atoms with E-state index in [2.05, 4.69) is 23.0 Å². The minimum Gasteiger partial charge on any atom is -0.480 e. The van der Waals surface area contributed by atoms with E-state index in [1.807, 2.05) is 26.8 Å². The van der Waals surface area contributed by atoms with Crippen LogP contribution in [0.2, 0.25) is 0 Å². The lowest BCUT2D eigenvalue weighted by atomic mass is 10.0. The van der Waals surface area contributed by atoms with Gasteiger partial charge in [0.15, 0.2) is 6.61 Å². The standard InChI is InChI=1S/C15H19NO2.C2H5NO2/c1-6-9-18-15(17)13(5)16-14-11(3)8-7-10(2)12(14)4;3-1-2(4)5/h1,7-8,13,16H,9H2,2-5H3;1,3H2,(H,4,5)/t13-;/m0./s1. The lowest BCUT2D eigenvalue weighted by Crippen LogP contribution is -2.29. The number of rotatable bonds is 5. The van der Waals surface area contributed by atoms with Crippen LogP contribution in [0.5, 0.6) is 0 Å². The lowest BCUT2D eigenvalue weighted by molar-refractivity contribution is -0.142. The summed E-state index contributed by atoms with van der Waals surface area (Å²) in [5, 5.41) is 10.8. The molecule has 6 nitrogen and oxygen atoms in total. The van der Waals surface area contributed by atoms with Crippen LogP contribution in [0.1, 0.15) is 23.6 Å². The second-order valence-electron chi connectivity index (χ2n) is 4.98. The summed E-state index contributed by atoms with van der Waals surface area (Å²) >= 11 is 0. The topological polar surface area (TPSA) is 102 Å². The number of hydrogen-bond acceptors (Lipinski definition) is 5. The molecule has 1 rings (SSSR count). The van der Waals surface area contributed by atoms with Crippen molar-refractivity contribution in [1.29, 1.82) is 0 Å². The number of aliphatic carboxylic acids is 1. The number of nitrogens with two attached hydrogens (primary N) is 1. The monoisotopic (exact) mass is 320 g/mol. The number of carbonyl (C=O) groups excluding carboxylic acids is 1. The molecule has 1 aromatic rings. The van der Waals surface area contributed by atoms with Gasteiger partial charge in [-0.3, -0.25) is 4.79 Å². The summed E-state index contributed by atoms with van der Waals surface area (Å²) in [5.74, 6) is 0.971. The highest BCUT2D eigenvalue weighted by Crippen LogP contribution is 2.23. The largest absolute Gasteiger partial charge is 0.480 e. The van der Waals surface area contributed by atoms with E-state index in [0.29, 0.717) is 0 Å². The fraction of sp³-hybridized carbons (Fsp3) is 0.412. The minimum atomic E-state index is -0.968. The molecule has 1 aromatic carbocycles. The maximum Gasteiger partial charge on any atom is 0.329 e. The fourth-order valence-electron chi connectivity index (χ4n) is 1.69. The van der Waals surface area contributed by atoms with Gasteiger partial charge in [-0.1, -0.05) is 18.1 Å². The molecule has 0 bridgehead atoms. The van der Waals surface area contributed by atoms with Gasteiger partial charge in [0.2, 0.25) is 0 Å². The first-order chi connectivity index (χ1) is 10.7. The van der Waals surface area contributed by atoms with Gasteiger partial charge in [0.05, 0.1) is 6.54 Å². The highest BCUT2D eigenvalue weighted by atomic mass is 16.5. The van der Waals surface area contributed by atoms with Crippen LogP contribution in [0.4, 0.5) is 5.69 Å². The molecule has 0 aliphatic carbocycles. The zero-order valence-corrected chi connectivity index (χ0v) is 14.0. The zero-order chi connectivity index (χ0) is 18.0. The number of nitrogens with one attached hydrogen (secondary N) is 1. The number of hydrogen-bond donors (Lipinski definition) is 3. The number of carboxylic acid groups (broad SMARTS) is 1. The van der Waals surface area contributed by atoms with Crippen LogP contribution >= 0.6 is 0 Å². The van der Waals surface area contributed by atoms with E-state index in [0.717, 1.165) is 16.8 Å². The number of esters is 1. The van der Waals surface area contributed by atoms with Crippen molar-refractivity contribution in [3.05, 3.63) is 28.8 Å². The normalized spacial score (nSPS) is 10.6. The molecule has 0 aliphatic heterocycles. The van der Waals surface area contributed by atoms with Gasteiger partial charge in [-0.15, -0.1) is 6.42 Å². The van der Waals surface area contributed by atoms with Crippen LogP contribution in [0.15, 0.2) is 12.1 Å². The maximum absolute atomic E-state index is 11.6. The third kappa shape index (κ3) is 7.34. The molecule has 0 fully saturated rings. The molecule has 0 heterocycles. The molecule has 6 heteroatoms. The number of aryl methyl sites for hydroxylation is 2. The second-order valence-corrected chi connectivity index (χ2v) is 4.98. The average molecular weight is 320 g/mol. The third-order valence-corrected chi connectivity index (χ3v) is 3.13. The molecule has 0 amide bonds. The Labute approximate surface area is 137 Å². The Balaban J connectivity index is 0.000000841. The molecule has 0 saturated heterocycles. The van der Waals surface area contributed by atoms with E-state index in [1.165, 1.54) is 5.56 Å². The molecule has 0 saturated carbocycles. The summed E-state index contributed by atoms with van der Waals surface area (Å²) in [6.45, 7) is 7.58. The first kappa shape index (κ1) is 20.5. The Bertz CT molecular complexity index is 591. The number of ether oxygens (including phenoxy) is 1. The van der Waals surface area contributed by atoms with Crippen LogP contribution in [0, 0.1) is 33.1 Å². The van der Waals surface area contributed by atoms with Gasteiger partial charge in [0.1, 0.15) is 6.04 Å². The Morgan fingerprint density at radius 1 is 1.35 bits per heavy atom. The summed E-state index contributed by atoms with van der Waals surface area (Å²) in [4.78, 5) is 20.9. The summed E-state index contributed by atoms with van der Waals surface area (Å²) in [6, 6.07) is 3.68. The van der Waals surface area contributed by atoms with E-state index in [9.17, 15) is 9.59 Å². The molecular formula is C17H24N2O4. The van der Waals surface area contributed by atoms with Crippen molar-refractivity contribution >= 4 is 17.6 Å². The molecule has 1 atom stereocenters. The Morgan fingerprint density at radius 3 is 2.35 bits per heavy atom. The van der Waals surface area contributed by atoms with Crippen molar-refractivity contribution < 1.29 is 19.4 Å². The molecule has 0 aliphatic rings. The fourth-order valence-corrected chi connectivity index (χ4v) is 1.69. The van der Waals surface area contributed by atoms with Crippen molar-refractivity contribution in [1.82, 2.24) is 0 Å². The van der Waals surface area contributed by atoms with Crippen LogP contribution in [0.25, 0.3) is 0 Å². The summed E-state index contributed by atoms with van der Waals surface area (Å²) in [7, 11) is 0. The van der Waals surface area contributed by atoms with E-state index in [4.69, 9.17) is 16.3 Å². The maximum atomic E-state index is 11.6. The molecular weight excluding hydrogens is 296 g/mol. The Hall–Kier alpha value is -2.52. The van der Waals surface area contributed by atoms with Gasteiger partial charge in [-0.05, 0) is 44.4 Å². The smallest absolute Gasteiger partial charge is 0.329 e. The number of carboxylic acids is 1. The van der Waals surface area contributed by atoms with Crippen molar-refractivity contribution in [2.45, 2.75) is 33.7 Å². The molecule has 126 valence electrons. The van der Waals surface area contributed by atoms with Crippen molar-refractivity contribution in [2.75, 3.05) is 18.5 Å². The van der Waals surface area contributed by atoms with E-state index < -0.39 is 12.0 Å². The first-order valence-electron chi connectivity index (χ1n) is 7.09. The van der Waals surface area contributed by atoms with Gasteiger partial charge < -0.3 is 20.9 Å². The quantitative estimate of drug-likeness (QED) is 0.563. The van der Waals surface area contributed by atoms with Crippen molar-refractivity contribution in [3.8, 4) is 12.3 Å².